The van der Waals surface area contributed by atoms with Crippen molar-refractivity contribution in [2.45, 2.75) is 13.0 Å². The summed E-state index contributed by atoms with van der Waals surface area (Å²) in [5.74, 6) is 0.241. The minimum Gasteiger partial charge on any atom is -0.393 e. The van der Waals surface area contributed by atoms with Gasteiger partial charge in [0.15, 0.2) is 11.6 Å². The maximum absolute atomic E-state index is 13.9. The second-order valence-corrected chi connectivity index (χ2v) is 6.75. The first-order valence-electron chi connectivity index (χ1n) is 8.50. The van der Waals surface area contributed by atoms with Crippen molar-refractivity contribution < 1.29 is 4.39 Å². The molecule has 0 aliphatic rings. The number of nitrogens with zero attached hydrogens (tertiary/aromatic N) is 4. The largest absolute Gasteiger partial charge is 0.393 e. The molecule has 4 aromatic rings. The quantitative estimate of drug-likeness (QED) is 0.481. The van der Waals surface area contributed by atoms with Crippen LogP contribution in [0.4, 0.5) is 21.7 Å². The molecule has 0 radical (unpaired) electrons. The van der Waals surface area contributed by atoms with Crippen molar-refractivity contribution in [3.63, 3.8) is 0 Å². The van der Waals surface area contributed by atoms with Gasteiger partial charge in [0.25, 0.3) is 0 Å². The Morgan fingerprint density at radius 1 is 1.11 bits per heavy atom. The van der Waals surface area contributed by atoms with Gasteiger partial charge in [-0.1, -0.05) is 23.7 Å². The summed E-state index contributed by atoms with van der Waals surface area (Å²) < 4.78 is 15.6. The first kappa shape index (κ1) is 18.0. The van der Waals surface area contributed by atoms with Crippen molar-refractivity contribution in [2.24, 2.45) is 0 Å². The maximum Gasteiger partial charge on any atom is 0.155 e. The van der Waals surface area contributed by atoms with Gasteiger partial charge in [0, 0.05) is 16.8 Å². The lowest BCUT2D eigenvalue weighted by molar-refractivity contribution is 0.619. The molecule has 0 spiro atoms. The summed E-state index contributed by atoms with van der Waals surface area (Å²) >= 11 is 6.02. The van der Waals surface area contributed by atoms with Crippen molar-refractivity contribution in [1.82, 2.24) is 19.4 Å². The molecule has 0 saturated heterocycles. The summed E-state index contributed by atoms with van der Waals surface area (Å²) in [4.78, 5) is 12.7. The van der Waals surface area contributed by atoms with Gasteiger partial charge in [0.2, 0.25) is 0 Å². The molecular weight excluding hydrogens is 381 g/mol. The number of halogens is 2. The summed E-state index contributed by atoms with van der Waals surface area (Å²) in [5, 5.41) is 3.82. The Morgan fingerprint density at radius 2 is 1.86 bits per heavy atom. The SMILES string of the molecule is C[C@H](Nc1ncnc(N)c1N)c1nc2ccc(F)cn2c1-c1ccc(Cl)cc1. The van der Waals surface area contributed by atoms with Crippen molar-refractivity contribution in [2.75, 3.05) is 16.8 Å². The van der Waals surface area contributed by atoms with E-state index in [1.54, 1.807) is 22.6 Å². The maximum atomic E-state index is 13.9. The van der Waals surface area contributed by atoms with E-state index < -0.39 is 0 Å². The van der Waals surface area contributed by atoms with Crippen LogP contribution >= 0.6 is 11.6 Å². The second-order valence-electron chi connectivity index (χ2n) is 6.32. The Labute approximate surface area is 165 Å². The fourth-order valence-electron chi connectivity index (χ4n) is 3.03. The van der Waals surface area contributed by atoms with Gasteiger partial charge in [-0.3, -0.25) is 4.40 Å². The number of rotatable bonds is 4. The lowest BCUT2D eigenvalue weighted by atomic mass is 10.1. The first-order chi connectivity index (χ1) is 13.4. The molecule has 0 bridgehead atoms. The topological polar surface area (TPSA) is 107 Å². The summed E-state index contributed by atoms with van der Waals surface area (Å²) in [6.07, 6.45) is 2.74. The number of aromatic nitrogens is 4. The van der Waals surface area contributed by atoms with E-state index in [1.807, 2.05) is 19.1 Å². The smallest absolute Gasteiger partial charge is 0.155 e. The van der Waals surface area contributed by atoms with Gasteiger partial charge < -0.3 is 16.8 Å². The molecular formula is C19H17ClFN7. The van der Waals surface area contributed by atoms with Gasteiger partial charge >= 0.3 is 0 Å². The Morgan fingerprint density at radius 3 is 2.61 bits per heavy atom. The van der Waals surface area contributed by atoms with E-state index in [0.717, 1.165) is 11.3 Å². The summed E-state index contributed by atoms with van der Waals surface area (Å²) in [6, 6.07) is 9.99. The predicted molar refractivity (Wildman–Crippen MR) is 108 cm³/mol. The van der Waals surface area contributed by atoms with Crippen LogP contribution < -0.4 is 16.8 Å². The highest BCUT2D eigenvalue weighted by Crippen LogP contribution is 2.33. The molecule has 3 aromatic heterocycles. The van der Waals surface area contributed by atoms with Crippen LogP contribution in [0.15, 0.2) is 48.9 Å². The molecule has 1 aromatic carbocycles. The van der Waals surface area contributed by atoms with Crippen LogP contribution in [0.25, 0.3) is 16.9 Å². The van der Waals surface area contributed by atoms with E-state index in [-0.39, 0.29) is 23.4 Å². The van der Waals surface area contributed by atoms with Crippen LogP contribution in [0.3, 0.4) is 0 Å². The lowest BCUT2D eigenvalue weighted by Crippen LogP contribution is -2.13. The third-order valence-electron chi connectivity index (χ3n) is 4.41. The number of fused-ring (bicyclic) bond motifs is 1. The second kappa shape index (κ2) is 6.97. The van der Waals surface area contributed by atoms with E-state index in [1.165, 1.54) is 18.6 Å². The van der Waals surface area contributed by atoms with Gasteiger partial charge in [0.1, 0.15) is 23.5 Å². The zero-order chi connectivity index (χ0) is 19.8. The van der Waals surface area contributed by atoms with E-state index in [9.17, 15) is 4.39 Å². The zero-order valence-electron chi connectivity index (χ0n) is 14.9. The van der Waals surface area contributed by atoms with Crippen molar-refractivity contribution in [3.8, 4) is 11.3 Å². The summed E-state index contributed by atoms with van der Waals surface area (Å²) in [7, 11) is 0. The number of benzene rings is 1. The van der Waals surface area contributed by atoms with Crippen molar-refractivity contribution in [1.29, 1.82) is 0 Å². The molecule has 142 valence electrons. The Bertz CT molecular complexity index is 1160. The first-order valence-corrected chi connectivity index (χ1v) is 8.87. The van der Waals surface area contributed by atoms with E-state index in [4.69, 9.17) is 23.1 Å². The third-order valence-corrected chi connectivity index (χ3v) is 4.66. The fraction of sp³-hybridized carbons (Fsp3) is 0.105. The molecule has 0 unspecified atom stereocenters. The molecule has 4 rings (SSSR count). The standard InChI is InChI=1S/C19H17ClFN7/c1-10(26-19-15(22)18(23)24-9-25-19)16-17(11-2-4-12(20)5-3-11)28-8-13(21)6-7-14(28)27-16/h2-10H,22H2,1H3,(H3,23,24,25,26)/t10-/m0/s1. The number of nitrogens with two attached hydrogens (primary N) is 2. The minimum atomic E-state index is -0.361. The number of anilines is 3. The Balaban J connectivity index is 1.84. The van der Waals surface area contributed by atoms with E-state index in [2.05, 4.69) is 20.3 Å². The van der Waals surface area contributed by atoms with Crippen LogP contribution in [-0.4, -0.2) is 19.4 Å². The monoisotopic (exact) mass is 397 g/mol. The van der Waals surface area contributed by atoms with Crippen molar-refractivity contribution in [3.05, 3.63) is 65.5 Å². The predicted octanol–water partition coefficient (Wildman–Crippen LogP) is 3.92. The molecule has 3 heterocycles. The number of nitrogen functional groups attached to an aromatic ring is 2. The average Bonchev–Trinajstić information content (AvgIpc) is 3.05. The zero-order valence-corrected chi connectivity index (χ0v) is 15.7. The van der Waals surface area contributed by atoms with Crippen molar-refractivity contribution >= 4 is 34.6 Å². The third kappa shape index (κ3) is 3.18. The van der Waals surface area contributed by atoms with Crippen LogP contribution in [0.1, 0.15) is 18.7 Å². The molecule has 0 fully saturated rings. The summed E-state index contributed by atoms with van der Waals surface area (Å²) in [6.45, 7) is 1.91. The average molecular weight is 398 g/mol. The molecule has 7 nitrogen and oxygen atoms in total. The van der Waals surface area contributed by atoms with Gasteiger partial charge in [-0.2, -0.15) is 0 Å². The van der Waals surface area contributed by atoms with Crippen LogP contribution in [-0.2, 0) is 0 Å². The number of nitrogens with one attached hydrogen (secondary N) is 1. The molecule has 1 atom stereocenters. The van der Waals surface area contributed by atoms with Crippen LogP contribution in [0.2, 0.25) is 5.02 Å². The number of hydrogen-bond donors (Lipinski definition) is 3. The number of imidazole rings is 1. The Hall–Kier alpha value is -3.39. The molecule has 9 heteroatoms. The molecule has 28 heavy (non-hydrogen) atoms. The van der Waals surface area contributed by atoms with Gasteiger partial charge in [-0.05, 0) is 31.2 Å². The minimum absolute atomic E-state index is 0.194. The molecule has 5 N–H and O–H groups in total. The molecule has 0 aliphatic carbocycles. The summed E-state index contributed by atoms with van der Waals surface area (Å²) in [5.41, 5.74) is 14.9. The highest BCUT2D eigenvalue weighted by Gasteiger charge is 2.21. The van der Waals surface area contributed by atoms with E-state index >= 15 is 0 Å². The highest BCUT2D eigenvalue weighted by atomic mass is 35.5. The molecule has 0 aliphatic heterocycles. The van der Waals surface area contributed by atoms with Crippen LogP contribution in [0.5, 0.6) is 0 Å². The van der Waals surface area contributed by atoms with E-state index in [0.29, 0.717) is 22.2 Å². The number of pyridine rings is 1. The number of hydrogen-bond acceptors (Lipinski definition) is 6. The fourth-order valence-corrected chi connectivity index (χ4v) is 3.16. The highest BCUT2D eigenvalue weighted by molar-refractivity contribution is 6.30. The van der Waals surface area contributed by atoms with Crippen LogP contribution in [0, 0.1) is 5.82 Å². The Kier molecular flexibility index (Phi) is 4.48. The lowest BCUT2D eigenvalue weighted by Gasteiger charge is -2.16. The van der Waals surface area contributed by atoms with Gasteiger partial charge in [0.05, 0.1) is 17.4 Å². The molecule has 0 saturated carbocycles. The molecule has 0 amide bonds. The van der Waals surface area contributed by atoms with Gasteiger partial charge in [-0.15, -0.1) is 0 Å². The normalized spacial score (nSPS) is 12.2. The van der Waals surface area contributed by atoms with Gasteiger partial charge in [-0.25, -0.2) is 19.3 Å².